The Morgan fingerprint density at radius 2 is 2.38 bits per heavy atom. The quantitative estimate of drug-likeness (QED) is 0.716. The van der Waals surface area contributed by atoms with Gasteiger partial charge in [0, 0.05) is 6.20 Å². The van der Waals surface area contributed by atoms with Gasteiger partial charge in [0.25, 0.3) is 0 Å². The standard InChI is InChI=1S/C10H14N3O6PS/c1-21-20(16)17-4-5-8(19-20)7(14)9(18-5)13-3-2-6(11)12-10(13)15/h2-3,5,7-9,14H,4H2,1H3,(H2,11,12,15)/t5-,7?,8?,9-,20?/m1/s1. The van der Waals surface area contributed by atoms with Crippen molar-refractivity contribution in [2.24, 2.45) is 0 Å². The van der Waals surface area contributed by atoms with Crippen molar-refractivity contribution in [1.29, 1.82) is 0 Å². The maximum atomic E-state index is 12.1. The van der Waals surface area contributed by atoms with Gasteiger partial charge in [0.2, 0.25) is 0 Å². The average Bonchev–Trinajstić information content (AvgIpc) is 2.76. The van der Waals surface area contributed by atoms with Gasteiger partial charge in [-0.3, -0.25) is 13.6 Å². The van der Waals surface area contributed by atoms with Crippen LogP contribution in [0, 0.1) is 0 Å². The molecule has 9 nitrogen and oxygen atoms in total. The zero-order valence-corrected chi connectivity index (χ0v) is 12.7. The first-order valence-electron chi connectivity index (χ1n) is 6.10. The molecule has 2 aliphatic rings. The lowest BCUT2D eigenvalue weighted by molar-refractivity contribution is -0.0592. The van der Waals surface area contributed by atoms with Crippen LogP contribution in [-0.2, 0) is 18.3 Å². The summed E-state index contributed by atoms with van der Waals surface area (Å²) >= 11 is 0.948. The van der Waals surface area contributed by atoms with Crippen molar-refractivity contribution in [3.05, 3.63) is 22.7 Å². The molecule has 3 rings (SSSR count). The van der Waals surface area contributed by atoms with E-state index in [0.29, 0.717) is 0 Å². The number of aliphatic hydroxyl groups excluding tert-OH is 1. The SMILES string of the molecule is CSP1(=O)OC[C@H]2O[C@@H](n3ccc(N)nc3=O)C(O)C2O1. The predicted octanol–water partition coefficient (Wildman–Crippen LogP) is -0.0297. The van der Waals surface area contributed by atoms with Crippen LogP contribution in [0.5, 0.6) is 0 Å². The van der Waals surface area contributed by atoms with Gasteiger partial charge in [-0.15, -0.1) is 0 Å². The molecular formula is C10H14N3O6PS. The highest BCUT2D eigenvalue weighted by molar-refractivity contribution is 8.54. The van der Waals surface area contributed by atoms with Gasteiger partial charge in [0.15, 0.2) is 6.23 Å². The molecule has 0 aromatic carbocycles. The summed E-state index contributed by atoms with van der Waals surface area (Å²) in [4.78, 5) is 15.4. The molecule has 1 aromatic rings. The lowest BCUT2D eigenvalue weighted by Crippen LogP contribution is -2.39. The van der Waals surface area contributed by atoms with Crippen LogP contribution >= 0.6 is 18.2 Å². The number of aliphatic hydroxyl groups is 1. The van der Waals surface area contributed by atoms with E-state index in [0.717, 1.165) is 15.9 Å². The van der Waals surface area contributed by atoms with Crippen LogP contribution in [0.25, 0.3) is 0 Å². The van der Waals surface area contributed by atoms with E-state index in [1.807, 2.05) is 0 Å². The fraction of sp³-hybridized carbons (Fsp3) is 0.600. The minimum Gasteiger partial charge on any atom is -0.386 e. The van der Waals surface area contributed by atoms with Crippen LogP contribution in [-0.4, -0.2) is 45.8 Å². The normalized spacial score (nSPS) is 39.1. The van der Waals surface area contributed by atoms with Gasteiger partial charge in [0.1, 0.15) is 24.1 Å². The van der Waals surface area contributed by atoms with Crippen molar-refractivity contribution in [3.8, 4) is 0 Å². The smallest absolute Gasteiger partial charge is 0.386 e. The van der Waals surface area contributed by atoms with Crippen molar-refractivity contribution < 1.29 is 23.5 Å². The van der Waals surface area contributed by atoms with E-state index in [4.69, 9.17) is 19.5 Å². The van der Waals surface area contributed by atoms with Crippen molar-refractivity contribution in [1.82, 2.24) is 9.55 Å². The molecule has 3 heterocycles. The van der Waals surface area contributed by atoms with Crippen molar-refractivity contribution in [2.45, 2.75) is 24.5 Å². The molecule has 3 N–H and O–H groups in total. The van der Waals surface area contributed by atoms with Crippen molar-refractivity contribution in [2.75, 3.05) is 18.6 Å². The Balaban J connectivity index is 1.88. The molecule has 0 saturated carbocycles. The summed E-state index contributed by atoms with van der Waals surface area (Å²) in [6, 6.07) is 1.42. The van der Waals surface area contributed by atoms with Crippen LogP contribution < -0.4 is 11.4 Å². The van der Waals surface area contributed by atoms with Gasteiger partial charge in [0.05, 0.1) is 6.61 Å². The molecular weight excluding hydrogens is 321 g/mol. The first-order chi connectivity index (χ1) is 9.93. The molecule has 0 bridgehead atoms. The Labute approximate surface area is 123 Å². The van der Waals surface area contributed by atoms with E-state index in [1.165, 1.54) is 12.3 Å². The zero-order chi connectivity index (χ0) is 15.2. The lowest BCUT2D eigenvalue weighted by Gasteiger charge is -2.30. The number of rotatable bonds is 2. The molecule has 1 aromatic heterocycles. The van der Waals surface area contributed by atoms with Gasteiger partial charge in [-0.05, 0) is 23.7 Å². The predicted molar refractivity (Wildman–Crippen MR) is 74.8 cm³/mol. The topological polar surface area (TPSA) is 126 Å². The summed E-state index contributed by atoms with van der Waals surface area (Å²) in [5.74, 6) is 0.0765. The largest absolute Gasteiger partial charge is 0.389 e. The van der Waals surface area contributed by atoms with E-state index in [-0.39, 0.29) is 12.4 Å². The third-order valence-corrected chi connectivity index (χ3v) is 6.64. The fourth-order valence-corrected chi connectivity index (χ4v) is 4.47. The average molecular weight is 335 g/mol. The van der Waals surface area contributed by atoms with Crippen LogP contribution in [0.3, 0.4) is 0 Å². The first-order valence-corrected chi connectivity index (χ1v) is 9.48. The summed E-state index contributed by atoms with van der Waals surface area (Å²) in [5.41, 5.74) is 4.77. The number of ether oxygens (including phenoxy) is 1. The Kier molecular flexibility index (Phi) is 3.85. The molecule has 0 amide bonds. The minimum absolute atomic E-state index is 0.0213. The van der Waals surface area contributed by atoms with E-state index >= 15 is 0 Å². The second-order valence-electron chi connectivity index (χ2n) is 4.59. The Hall–Kier alpha value is -0.900. The molecule has 0 radical (unpaired) electrons. The zero-order valence-electron chi connectivity index (χ0n) is 11.0. The number of fused-ring (bicyclic) bond motifs is 1. The third-order valence-electron chi connectivity index (χ3n) is 3.31. The maximum absolute atomic E-state index is 12.1. The number of aromatic nitrogens is 2. The van der Waals surface area contributed by atoms with E-state index in [1.54, 1.807) is 6.26 Å². The number of nitrogens with two attached hydrogens (primary N) is 1. The van der Waals surface area contributed by atoms with Crippen molar-refractivity contribution in [3.63, 3.8) is 0 Å². The molecule has 2 saturated heterocycles. The van der Waals surface area contributed by atoms with Crippen molar-refractivity contribution >= 4 is 24.0 Å². The molecule has 2 aliphatic heterocycles. The van der Waals surface area contributed by atoms with Gasteiger partial charge in [-0.25, -0.2) is 9.36 Å². The van der Waals surface area contributed by atoms with Gasteiger partial charge in [-0.2, -0.15) is 4.98 Å². The van der Waals surface area contributed by atoms with Crippen LogP contribution in [0.1, 0.15) is 6.23 Å². The molecule has 3 unspecified atom stereocenters. The minimum atomic E-state index is -3.29. The molecule has 0 spiro atoms. The molecule has 21 heavy (non-hydrogen) atoms. The second-order valence-corrected chi connectivity index (χ2v) is 8.76. The maximum Gasteiger partial charge on any atom is 0.389 e. The summed E-state index contributed by atoms with van der Waals surface area (Å²) in [6.07, 6.45) is -0.615. The highest BCUT2D eigenvalue weighted by atomic mass is 32.7. The number of hydrogen-bond acceptors (Lipinski definition) is 9. The van der Waals surface area contributed by atoms with E-state index in [9.17, 15) is 14.5 Å². The third kappa shape index (κ3) is 2.63. The number of anilines is 1. The highest BCUT2D eigenvalue weighted by Gasteiger charge is 2.52. The number of hydrogen-bond donors (Lipinski definition) is 2. The van der Waals surface area contributed by atoms with E-state index in [2.05, 4.69) is 4.98 Å². The van der Waals surface area contributed by atoms with Crippen LogP contribution in [0.15, 0.2) is 17.1 Å². The van der Waals surface area contributed by atoms with Gasteiger partial charge in [-0.1, -0.05) is 0 Å². The van der Waals surface area contributed by atoms with Crippen LogP contribution in [0.2, 0.25) is 0 Å². The second kappa shape index (κ2) is 5.38. The van der Waals surface area contributed by atoms with Gasteiger partial charge >= 0.3 is 12.5 Å². The summed E-state index contributed by atoms with van der Waals surface area (Å²) in [5, 5.41) is 10.3. The Morgan fingerprint density at radius 1 is 1.62 bits per heavy atom. The first kappa shape index (κ1) is 15.0. The summed E-state index contributed by atoms with van der Waals surface area (Å²) < 4.78 is 29.3. The van der Waals surface area contributed by atoms with Crippen LogP contribution in [0.4, 0.5) is 5.82 Å². The number of nitrogens with zero attached hydrogens (tertiary/aromatic N) is 2. The highest BCUT2D eigenvalue weighted by Crippen LogP contribution is 2.63. The Morgan fingerprint density at radius 3 is 3.05 bits per heavy atom. The fourth-order valence-electron chi connectivity index (χ4n) is 2.27. The van der Waals surface area contributed by atoms with E-state index < -0.39 is 37.0 Å². The Bertz CT molecular complexity index is 654. The summed E-state index contributed by atoms with van der Waals surface area (Å²) in [6.45, 7) is -3.26. The van der Waals surface area contributed by atoms with Gasteiger partial charge < -0.3 is 15.6 Å². The lowest BCUT2D eigenvalue weighted by atomic mass is 10.1. The molecule has 116 valence electrons. The monoisotopic (exact) mass is 335 g/mol. The molecule has 5 atom stereocenters. The number of nitrogen functional groups attached to an aromatic ring is 1. The molecule has 11 heteroatoms. The molecule has 2 fully saturated rings. The molecule has 0 aliphatic carbocycles. The summed E-state index contributed by atoms with van der Waals surface area (Å²) in [7, 11) is 0.